The fraction of sp³-hybridized carbons (Fsp3) is 0. The van der Waals surface area contributed by atoms with E-state index in [0.29, 0.717) is 5.02 Å². The van der Waals surface area contributed by atoms with Crippen LogP contribution < -0.4 is 17.0 Å². The fourth-order valence-electron chi connectivity index (χ4n) is 0.734. The third-order valence-corrected chi connectivity index (χ3v) is 1.53. The lowest BCUT2D eigenvalue weighted by atomic mass is 10.3. The second kappa shape index (κ2) is 4.06. The summed E-state index contributed by atoms with van der Waals surface area (Å²) in [5.74, 6) is 4.35. The molecule has 1 aromatic rings. The zero-order valence-corrected chi connectivity index (χ0v) is 7.35. The molecule has 0 unspecified atom stereocenters. The number of hydrogen-bond acceptors (Lipinski definition) is 2. The minimum atomic E-state index is -0.511. The van der Waals surface area contributed by atoms with Crippen LogP contribution in [0.4, 0.5) is 10.1 Å². The van der Waals surface area contributed by atoms with Crippen molar-refractivity contribution in [2.24, 2.45) is 16.6 Å². The molecule has 0 aliphatic heterocycles. The number of nitrogens with zero attached hydrogens (tertiary/aromatic N) is 1. The summed E-state index contributed by atoms with van der Waals surface area (Å²) in [5.41, 5.74) is 7.35. The van der Waals surface area contributed by atoms with E-state index >= 15 is 0 Å². The van der Waals surface area contributed by atoms with Crippen LogP contribution in [0.3, 0.4) is 0 Å². The van der Waals surface area contributed by atoms with Gasteiger partial charge in [-0.3, -0.25) is 5.43 Å². The summed E-state index contributed by atoms with van der Waals surface area (Å²) in [7, 11) is 0. The largest absolute Gasteiger partial charge is 0.369 e. The molecule has 13 heavy (non-hydrogen) atoms. The Morgan fingerprint density at radius 3 is 2.85 bits per heavy atom. The van der Waals surface area contributed by atoms with Crippen LogP contribution in [0.15, 0.2) is 23.2 Å². The molecular weight excluding hydrogens is 195 g/mol. The van der Waals surface area contributed by atoms with E-state index < -0.39 is 5.82 Å². The molecule has 0 aromatic heterocycles. The van der Waals surface area contributed by atoms with E-state index in [1.807, 2.05) is 0 Å². The molecule has 0 atom stereocenters. The van der Waals surface area contributed by atoms with Crippen LogP contribution in [0.25, 0.3) is 0 Å². The quantitative estimate of drug-likeness (QED) is 0.274. The number of nitrogens with two attached hydrogens (primary N) is 2. The van der Waals surface area contributed by atoms with Crippen molar-refractivity contribution in [1.82, 2.24) is 5.43 Å². The molecule has 0 amide bonds. The molecule has 6 heteroatoms. The lowest BCUT2D eigenvalue weighted by Gasteiger charge is -2.00. The Morgan fingerprint density at radius 1 is 1.54 bits per heavy atom. The number of hydrogen-bond donors (Lipinski definition) is 3. The van der Waals surface area contributed by atoms with Crippen molar-refractivity contribution in [1.29, 1.82) is 0 Å². The van der Waals surface area contributed by atoms with Crippen LogP contribution in [0.2, 0.25) is 5.02 Å². The van der Waals surface area contributed by atoms with E-state index in [2.05, 4.69) is 10.4 Å². The third kappa shape index (κ3) is 2.57. The predicted molar refractivity (Wildman–Crippen MR) is 50.0 cm³/mol. The number of benzene rings is 1. The number of hydrazine groups is 1. The van der Waals surface area contributed by atoms with Gasteiger partial charge in [0, 0.05) is 5.02 Å². The molecule has 70 valence electrons. The first-order valence-corrected chi connectivity index (χ1v) is 3.77. The molecule has 0 bridgehead atoms. The highest BCUT2D eigenvalue weighted by Crippen LogP contribution is 2.21. The van der Waals surface area contributed by atoms with E-state index in [-0.39, 0.29) is 11.6 Å². The number of aliphatic imine (C=N–C) groups is 1. The van der Waals surface area contributed by atoms with Gasteiger partial charge in [-0.2, -0.15) is 0 Å². The van der Waals surface area contributed by atoms with Gasteiger partial charge in [0.2, 0.25) is 5.96 Å². The van der Waals surface area contributed by atoms with Crippen molar-refractivity contribution in [3.63, 3.8) is 0 Å². The SMILES string of the molecule is NNC(N)=Nc1cc(Cl)ccc1F. The highest BCUT2D eigenvalue weighted by atomic mass is 35.5. The topological polar surface area (TPSA) is 76.4 Å². The zero-order chi connectivity index (χ0) is 9.84. The summed E-state index contributed by atoms with van der Waals surface area (Å²) >= 11 is 5.62. The molecule has 0 saturated heterocycles. The normalized spacial score (nSPS) is 11.5. The van der Waals surface area contributed by atoms with Gasteiger partial charge in [-0.1, -0.05) is 11.6 Å². The summed E-state index contributed by atoms with van der Waals surface area (Å²) in [6, 6.07) is 3.97. The standard InChI is InChI=1S/C7H8ClFN4/c8-4-1-2-5(9)6(3-4)12-7(10)13-11/h1-3H,11H2,(H3,10,12,13). The van der Waals surface area contributed by atoms with Crippen molar-refractivity contribution in [3.8, 4) is 0 Å². The van der Waals surface area contributed by atoms with Gasteiger partial charge < -0.3 is 5.73 Å². The van der Waals surface area contributed by atoms with Crippen molar-refractivity contribution in [3.05, 3.63) is 29.0 Å². The smallest absolute Gasteiger partial charge is 0.208 e. The Bertz CT molecular complexity index is 339. The van der Waals surface area contributed by atoms with Gasteiger partial charge >= 0.3 is 0 Å². The maximum atomic E-state index is 13.0. The van der Waals surface area contributed by atoms with E-state index in [4.69, 9.17) is 23.2 Å². The Hall–Kier alpha value is -1.33. The molecule has 0 heterocycles. The average molecular weight is 203 g/mol. The molecule has 1 rings (SSSR count). The van der Waals surface area contributed by atoms with Gasteiger partial charge in [0.05, 0.1) is 0 Å². The highest BCUT2D eigenvalue weighted by molar-refractivity contribution is 6.30. The molecule has 0 aliphatic carbocycles. The lowest BCUT2D eigenvalue weighted by Crippen LogP contribution is -2.36. The van der Waals surface area contributed by atoms with Gasteiger partial charge in [0.15, 0.2) is 0 Å². The van der Waals surface area contributed by atoms with E-state index in [1.54, 1.807) is 0 Å². The van der Waals surface area contributed by atoms with E-state index in [9.17, 15) is 4.39 Å². The Morgan fingerprint density at radius 2 is 2.23 bits per heavy atom. The Labute approximate surface area is 79.4 Å². The first-order valence-electron chi connectivity index (χ1n) is 3.39. The van der Waals surface area contributed by atoms with Crippen LogP contribution in [-0.2, 0) is 0 Å². The van der Waals surface area contributed by atoms with Crippen LogP contribution >= 0.6 is 11.6 Å². The van der Waals surface area contributed by atoms with Crippen LogP contribution in [0.5, 0.6) is 0 Å². The number of guanidine groups is 1. The molecule has 5 N–H and O–H groups in total. The molecule has 0 fully saturated rings. The second-order valence-electron chi connectivity index (χ2n) is 2.24. The molecule has 1 aromatic carbocycles. The van der Waals surface area contributed by atoms with E-state index in [0.717, 1.165) is 0 Å². The van der Waals surface area contributed by atoms with Gasteiger partial charge in [0.1, 0.15) is 11.5 Å². The molecule has 0 aliphatic rings. The second-order valence-corrected chi connectivity index (χ2v) is 2.67. The molecule has 0 radical (unpaired) electrons. The first-order chi connectivity index (χ1) is 6.13. The zero-order valence-electron chi connectivity index (χ0n) is 6.59. The summed E-state index contributed by atoms with van der Waals surface area (Å²) < 4.78 is 13.0. The maximum Gasteiger partial charge on any atom is 0.208 e. The number of rotatable bonds is 1. The first kappa shape index (κ1) is 9.76. The molecular formula is C7H8ClFN4. The van der Waals surface area contributed by atoms with Gasteiger partial charge in [-0.15, -0.1) is 0 Å². The lowest BCUT2D eigenvalue weighted by molar-refractivity contribution is 0.629. The minimum Gasteiger partial charge on any atom is -0.369 e. The monoisotopic (exact) mass is 202 g/mol. The number of nitrogens with one attached hydrogen (secondary N) is 1. The predicted octanol–water partition coefficient (Wildman–Crippen LogP) is 0.889. The fourth-order valence-corrected chi connectivity index (χ4v) is 0.900. The Balaban J connectivity index is 3.07. The highest BCUT2D eigenvalue weighted by Gasteiger charge is 2.01. The molecule has 4 nitrogen and oxygen atoms in total. The van der Waals surface area contributed by atoms with Gasteiger partial charge in [-0.25, -0.2) is 15.2 Å². The summed E-state index contributed by atoms with van der Waals surface area (Å²) in [6.07, 6.45) is 0. The van der Waals surface area contributed by atoms with Crippen LogP contribution in [-0.4, -0.2) is 5.96 Å². The van der Waals surface area contributed by atoms with Crippen molar-refractivity contribution >= 4 is 23.2 Å². The van der Waals surface area contributed by atoms with E-state index in [1.165, 1.54) is 18.2 Å². The van der Waals surface area contributed by atoms with Crippen LogP contribution in [0, 0.1) is 5.82 Å². The Kier molecular flexibility index (Phi) is 3.05. The van der Waals surface area contributed by atoms with Crippen molar-refractivity contribution in [2.75, 3.05) is 0 Å². The van der Waals surface area contributed by atoms with Gasteiger partial charge in [-0.05, 0) is 18.2 Å². The average Bonchev–Trinajstić information content (AvgIpc) is 2.11. The summed E-state index contributed by atoms with van der Waals surface area (Å²) in [4.78, 5) is 3.64. The maximum absolute atomic E-state index is 13.0. The molecule has 0 saturated carbocycles. The number of halogens is 2. The van der Waals surface area contributed by atoms with Crippen molar-refractivity contribution in [2.45, 2.75) is 0 Å². The van der Waals surface area contributed by atoms with Crippen LogP contribution in [0.1, 0.15) is 0 Å². The minimum absolute atomic E-state index is 0.0444. The third-order valence-electron chi connectivity index (χ3n) is 1.30. The summed E-state index contributed by atoms with van der Waals surface area (Å²) in [6.45, 7) is 0. The summed E-state index contributed by atoms with van der Waals surface area (Å²) in [5, 5.41) is 0.380. The molecule has 0 spiro atoms. The van der Waals surface area contributed by atoms with Gasteiger partial charge in [0.25, 0.3) is 0 Å². The van der Waals surface area contributed by atoms with Crippen molar-refractivity contribution < 1.29 is 4.39 Å².